The molecule has 2 heterocycles. The van der Waals surface area contributed by atoms with Gasteiger partial charge in [-0.2, -0.15) is 4.31 Å². The van der Waals surface area contributed by atoms with Crippen LogP contribution in [0.5, 0.6) is 0 Å². The van der Waals surface area contributed by atoms with Crippen LogP contribution in [0.1, 0.15) is 25.3 Å². The number of carbonyl (C=O) groups is 1. The lowest BCUT2D eigenvalue weighted by molar-refractivity contribution is -0.143. The maximum Gasteiger partial charge on any atom is 0.236 e. The summed E-state index contributed by atoms with van der Waals surface area (Å²) in [6.07, 6.45) is 2.82. The number of carbonyl (C=O) groups excluding carboxylic acids is 1. The molecule has 0 aliphatic carbocycles. The smallest absolute Gasteiger partial charge is 0.236 e. The van der Waals surface area contributed by atoms with Crippen molar-refractivity contribution in [3.05, 3.63) is 41.3 Å². The molecule has 0 saturated carbocycles. The quantitative estimate of drug-likeness (QED) is 0.803. The van der Waals surface area contributed by atoms with Gasteiger partial charge in [-0.1, -0.05) is 30.3 Å². The summed E-state index contributed by atoms with van der Waals surface area (Å²) < 4.78 is 32.0. The molecule has 1 unspecified atom stereocenters. The monoisotopic (exact) mass is 378 g/mol. The van der Waals surface area contributed by atoms with Crippen LogP contribution in [0.15, 0.2) is 35.7 Å². The van der Waals surface area contributed by atoms with E-state index < -0.39 is 10.0 Å². The average molecular weight is 378 g/mol. The Morgan fingerprint density at radius 2 is 1.85 bits per heavy atom. The Kier molecular flexibility index (Phi) is 6.11. The van der Waals surface area contributed by atoms with Crippen molar-refractivity contribution in [2.75, 3.05) is 32.8 Å². The van der Waals surface area contributed by atoms with E-state index in [9.17, 15) is 13.2 Å². The average Bonchev–Trinajstić information content (AvgIpc) is 2.67. The molecular formula is C19H26N2O4S. The number of hydrogen-bond acceptors (Lipinski definition) is 4. The van der Waals surface area contributed by atoms with Gasteiger partial charge in [-0.05, 0) is 31.4 Å². The third-order valence-electron chi connectivity index (χ3n) is 4.95. The van der Waals surface area contributed by atoms with Crippen molar-refractivity contribution in [1.29, 1.82) is 0 Å². The van der Waals surface area contributed by atoms with E-state index in [2.05, 4.69) is 0 Å². The molecule has 1 atom stereocenters. The predicted octanol–water partition coefficient (Wildman–Crippen LogP) is 1.95. The molecule has 2 aliphatic heterocycles. The molecule has 0 aromatic heterocycles. The van der Waals surface area contributed by atoms with Gasteiger partial charge in [0, 0.05) is 37.5 Å². The summed E-state index contributed by atoms with van der Waals surface area (Å²) in [5, 5.41) is 1.26. The van der Waals surface area contributed by atoms with Crippen molar-refractivity contribution < 1.29 is 17.9 Å². The van der Waals surface area contributed by atoms with Crippen molar-refractivity contribution in [2.45, 2.75) is 25.9 Å². The zero-order valence-corrected chi connectivity index (χ0v) is 15.9. The standard InChI is InChI=1S/C19H26N2O4S/c1-16-15-20(12-13-25-16)19(22)18-7-10-21(11-8-18)26(23,24)14-9-17-5-3-2-4-6-17/h2-6,9,14,16,18H,7-8,10-13,15H2,1H3/b14-9+. The molecule has 0 spiro atoms. The zero-order valence-electron chi connectivity index (χ0n) is 15.1. The van der Waals surface area contributed by atoms with Crippen molar-refractivity contribution in [2.24, 2.45) is 5.92 Å². The van der Waals surface area contributed by atoms with Gasteiger partial charge in [-0.15, -0.1) is 0 Å². The van der Waals surface area contributed by atoms with Crippen LogP contribution in [-0.2, 0) is 19.6 Å². The first-order chi connectivity index (χ1) is 12.5. The highest BCUT2D eigenvalue weighted by atomic mass is 32.2. The van der Waals surface area contributed by atoms with Gasteiger partial charge in [-0.25, -0.2) is 8.42 Å². The fraction of sp³-hybridized carbons (Fsp3) is 0.526. The van der Waals surface area contributed by atoms with Gasteiger partial charge >= 0.3 is 0 Å². The predicted molar refractivity (Wildman–Crippen MR) is 101 cm³/mol. The van der Waals surface area contributed by atoms with Crippen LogP contribution in [0.25, 0.3) is 6.08 Å². The van der Waals surface area contributed by atoms with E-state index in [1.807, 2.05) is 42.2 Å². The Bertz CT molecular complexity index is 740. The van der Waals surface area contributed by atoms with E-state index in [1.165, 1.54) is 9.71 Å². The van der Waals surface area contributed by atoms with Crippen LogP contribution in [0.2, 0.25) is 0 Å². The second-order valence-corrected chi connectivity index (χ2v) is 8.72. The molecule has 142 valence electrons. The van der Waals surface area contributed by atoms with Gasteiger partial charge in [-0.3, -0.25) is 4.79 Å². The Labute approximate surface area is 155 Å². The number of piperidine rings is 1. The molecule has 1 aromatic carbocycles. The molecule has 6 nitrogen and oxygen atoms in total. The first kappa shape index (κ1) is 19.1. The molecule has 1 aromatic rings. The summed E-state index contributed by atoms with van der Waals surface area (Å²) in [6.45, 7) is 4.56. The highest BCUT2D eigenvalue weighted by Gasteiger charge is 2.33. The number of morpholine rings is 1. The van der Waals surface area contributed by atoms with Crippen molar-refractivity contribution in [3.63, 3.8) is 0 Å². The highest BCUT2D eigenvalue weighted by Crippen LogP contribution is 2.23. The molecule has 2 aliphatic rings. The van der Waals surface area contributed by atoms with Crippen LogP contribution >= 0.6 is 0 Å². The number of nitrogens with zero attached hydrogens (tertiary/aromatic N) is 2. The molecule has 7 heteroatoms. The van der Waals surface area contributed by atoms with E-state index in [-0.39, 0.29) is 17.9 Å². The number of benzene rings is 1. The Morgan fingerprint density at radius 3 is 2.50 bits per heavy atom. The van der Waals surface area contributed by atoms with E-state index in [0.717, 1.165) is 5.56 Å². The van der Waals surface area contributed by atoms with Gasteiger partial charge < -0.3 is 9.64 Å². The Balaban J connectivity index is 1.55. The Morgan fingerprint density at radius 1 is 1.15 bits per heavy atom. The molecule has 3 rings (SSSR count). The van der Waals surface area contributed by atoms with Crippen molar-refractivity contribution in [3.8, 4) is 0 Å². The number of ether oxygens (including phenoxy) is 1. The fourth-order valence-electron chi connectivity index (χ4n) is 3.45. The van der Waals surface area contributed by atoms with E-state index in [0.29, 0.717) is 45.6 Å². The van der Waals surface area contributed by atoms with E-state index >= 15 is 0 Å². The second-order valence-electron chi connectivity index (χ2n) is 6.90. The van der Waals surface area contributed by atoms with Gasteiger partial charge in [0.2, 0.25) is 15.9 Å². The lowest BCUT2D eigenvalue weighted by atomic mass is 9.96. The SMILES string of the molecule is CC1CN(C(=O)C2CCN(S(=O)(=O)/C=C/c3ccccc3)CC2)CCO1. The molecule has 2 fully saturated rings. The van der Waals surface area contributed by atoms with Crippen LogP contribution in [0.3, 0.4) is 0 Å². The van der Waals surface area contributed by atoms with Gasteiger partial charge in [0.25, 0.3) is 0 Å². The zero-order chi connectivity index (χ0) is 18.6. The normalized spacial score (nSPS) is 23.4. The maximum atomic E-state index is 12.7. The fourth-order valence-corrected chi connectivity index (χ4v) is 4.67. The number of hydrogen-bond donors (Lipinski definition) is 0. The summed E-state index contributed by atoms with van der Waals surface area (Å²) in [4.78, 5) is 14.5. The minimum Gasteiger partial charge on any atom is -0.375 e. The molecule has 2 saturated heterocycles. The summed E-state index contributed by atoms with van der Waals surface area (Å²) in [5.41, 5.74) is 0.850. The molecule has 1 amide bonds. The third-order valence-corrected chi connectivity index (χ3v) is 6.51. The summed E-state index contributed by atoms with van der Waals surface area (Å²) >= 11 is 0. The first-order valence-electron chi connectivity index (χ1n) is 9.09. The summed E-state index contributed by atoms with van der Waals surface area (Å²) in [5.74, 6) is 0.0434. The van der Waals surface area contributed by atoms with Crippen molar-refractivity contribution in [1.82, 2.24) is 9.21 Å². The maximum absolute atomic E-state index is 12.7. The van der Waals surface area contributed by atoms with Crippen LogP contribution in [0, 0.1) is 5.92 Å². The summed E-state index contributed by atoms with van der Waals surface area (Å²) in [7, 11) is -3.46. The van der Waals surface area contributed by atoms with Gasteiger partial charge in [0.15, 0.2) is 0 Å². The van der Waals surface area contributed by atoms with E-state index in [4.69, 9.17) is 4.74 Å². The van der Waals surface area contributed by atoms with Crippen LogP contribution in [-0.4, -0.2) is 62.4 Å². The first-order valence-corrected chi connectivity index (χ1v) is 10.6. The van der Waals surface area contributed by atoms with Gasteiger partial charge in [0.1, 0.15) is 0 Å². The molecule has 0 radical (unpaired) electrons. The minimum absolute atomic E-state index is 0.0660. The van der Waals surface area contributed by atoms with Crippen LogP contribution in [0.4, 0.5) is 0 Å². The topological polar surface area (TPSA) is 66.9 Å². The Hall–Kier alpha value is -1.70. The molecule has 0 N–H and O–H groups in total. The summed E-state index contributed by atoms with van der Waals surface area (Å²) in [6, 6.07) is 9.36. The van der Waals surface area contributed by atoms with Gasteiger partial charge in [0.05, 0.1) is 12.7 Å². The number of sulfonamides is 1. The molecule has 0 bridgehead atoms. The minimum atomic E-state index is -3.46. The lowest BCUT2D eigenvalue weighted by Crippen LogP contribution is -2.49. The third kappa shape index (κ3) is 4.72. The van der Waals surface area contributed by atoms with Crippen LogP contribution < -0.4 is 0 Å². The molecule has 26 heavy (non-hydrogen) atoms. The highest BCUT2D eigenvalue weighted by molar-refractivity contribution is 7.92. The second kappa shape index (κ2) is 8.33. The number of rotatable bonds is 4. The van der Waals surface area contributed by atoms with Crippen molar-refractivity contribution >= 4 is 22.0 Å². The number of amides is 1. The van der Waals surface area contributed by atoms with E-state index in [1.54, 1.807) is 6.08 Å². The largest absolute Gasteiger partial charge is 0.375 e. The molecular weight excluding hydrogens is 352 g/mol. The lowest BCUT2D eigenvalue weighted by Gasteiger charge is -2.36.